The Labute approximate surface area is 84.4 Å². The summed E-state index contributed by atoms with van der Waals surface area (Å²) in [6, 6.07) is 0. The van der Waals surface area contributed by atoms with E-state index in [0.29, 0.717) is 5.41 Å². The summed E-state index contributed by atoms with van der Waals surface area (Å²) in [6.45, 7) is 11.5. The van der Waals surface area contributed by atoms with Gasteiger partial charge in [0.2, 0.25) is 0 Å². The van der Waals surface area contributed by atoms with Crippen LogP contribution in [-0.4, -0.2) is 0 Å². The van der Waals surface area contributed by atoms with Crippen molar-refractivity contribution in [3.05, 3.63) is 12.2 Å². The quantitative estimate of drug-likeness (QED) is 0.517. The van der Waals surface area contributed by atoms with Crippen LogP contribution in [0.2, 0.25) is 0 Å². The van der Waals surface area contributed by atoms with Crippen LogP contribution >= 0.6 is 0 Å². The van der Waals surface area contributed by atoms with Crippen LogP contribution < -0.4 is 0 Å². The molecule has 0 saturated carbocycles. The normalized spacial score (nSPS) is 15.2. The minimum absolute atomic E-state index is 0.474. The van der Waals surface area contributed by atoms with E-state index in [1.54, 1.807) is 0 Å². The van der Waals surface area contributed by atoms with Crippen LogP contribution in [0.3, 0.4) is 0 Å². The minimum Gasteiger partial charge on any atom is -0.0885 e. The van der Waals surface area contributed by atoms with Crippen LogP contribution in [-0.2, 0) is 0 Å². The first kappa shape index (κ1) is 12.7. The van der Waals surface area contributed by atoms with Crippen LogP contribution in [0.25, 0.3) is 0 Å². The van der Waals surface area contributed by atoms with Gasteiger partial charge in [-0.25, -0.2) is 0 Å². The van der Waals surface area contributed by atoms with Crippen molar-refractivity contribution in [3.8, 4) is 0 Å². The van der Waals surface area contributed by atoms with E-state index in [9.17, 15) is 0 Å². The third kappa shape index (κ3) is 4.50. The Morgan fingerprint density at radius 3 is 2.15 bits per heavy atom. The summed E-state index contributed by atoms with van der Waals surface area (Å²) in [4.78, 5) is 0. The second-order valence-electron chi connectivity index (χ2n) is 4.57. The Kier molecular flexibility index (Phi) is 6.11. The first-order valence-corrected chi connectivity index (χ1v) is 5.75. The molecule has 1 atom stereocenters. The molecule has 0 saturated heterocycles. The second kappa shape index (κ2) is 6.23. The van der Waals surface area contributed by atoms with Gasteiger partial charge in [-0.2, -0.15) is 0 Å². The van der Waals surface area contributed by atoms with Crippen molar-refractivity contribution < 1.29 is 0 Å². The maximum atomic E-state index is 2.42. The van der Waals surface area contributed by atoms with E-state index in [4.69, 9.17) is 0 Å². The zero-order valence-electron chi connectivity index (χ0n) is 10.1. The minimum atomic E-state index is 0.474. The van der Waals surface area contributed by atoms with Crippen LogP contribution in [0.15, 0.2) is 12.2 Å². The molecular formula is C13H26. The molecule has 0 aliphatic heterocycles. The molecule has 0 aliphatic rings. The molecule has 0 radical (unpaired) electrons. The lowest BCUT2D eigenvalue weighted by Crippen LogP contribution is -2.21. The van der Waals surface area contributed by atoms with Crippen LogP contribution in [0, 0.1) is 11.3 Å². The smallest absolute Gasteiger partial charge is 0.0182 e. The number of rotatable bonds is 6. The van der Waals surface area contributed by atoms with Crippen molar-refractivity contribution in [2.24, 2.45) is 11.3 Å². The Balaban J connectivity index is 4.31. The van der Waals surface area contributed by atoms with Gasteiger partial charge in [-0.15, -0.1) is 0 Å². The molecule has 0 N–H and O–H groups in total. The molecule has 78 valence electrons. The predicted molar refractivity (Wildman–Crippen MR) is 61.9 cm³/mol. The van der Waals surface area contributed by atoms with Crippen LogP contribution in [0.4, 0.5) is 0 Å². The van der Waals surface area contributed by atoms with Crippen LogP contribution in [0.1, 0.15) is 60.3 Å². The largest absolute Gasteiger partial charge is 0.0885 e. The van der Waals surface area contributed by atoms with Crippen LogP contribution in [0.5, 0.6) is 0 Å². The number of hydrogen-bond acceptors (Lipinski definition) is 0. The van der Waals surface area contributed by atoms with Gasteiger partial charge in [0.05, 0.1) is 0 Å². The first-order valence-electron chi connectivity index (χ1n) is 5.75. The van der Waals surface area contributed by atoms with Gasteiger partial charge < -0.3 is 0 Å². The zero-order valence-corrected chi connectivity index (χ0v) is 10.1. The highest BCUT2D eigenvalue weighted by Crippen LogP contribution is 2.34. The monoisotopic (exact) mass is 182 g/mol. The van der Waals surface area contributed by atoms with Gasteiger partial charge in [-0.1, -0.05) is 59.6 Å². The molecule has 0 fully saturated rings. The maximum absolute atomic E-state index is 2.42. The molecule has 1 unspecified atom stereocenters. The Hall–Kier alpha value is -0.260. The number of allylic oxidation sites excluding steroid dienone is 2. The molecule has 0 spiro atoms. The zero-order chi connectivity index (χ0) is 10.3. The molecule has 0 aliphatic carbocycles. The fraction of sp³-hybridized carbons (Fsp3) is 0.846. The summed E-state index contributed by atoms with van der Waals surface area (Å²) in [5, 5.41) is 0. The summed E-state index contributed by atoms with van der Waals surface area (Å²) in [5.41, 5.74) is 0.474. The molecule has 0 nitrogen and oxygen atoms in total. The van der Waals surface area contributed by atoms with E-state index in [-0.39, 0.29) is 0 Å². The summed E-state index contributed by atoms with van der Waals surface area (Å²) < 4.78 is 0. The lowest BCUT2D eigenvalue weighted by atomic mass is 9.74. The second-order valence-corrected chi connectivity index (χ2v) is 4.57. The molecule has 0 heterocycles. The average Bonchev–Trinajstić information content (AvgIpc) is 2.12. The molecule has 13 heavy (non-hydrogen) atoms. The Bertz CT molecular complexity index is 142. The standard InChI is InChI=1S/C13H26/c1-6-9-11-12(10-7-2)13(4,5)8-3/h9,11-12H,6-8,10H2,1-5H3/b11-9-. The maximum Gasteiger partial charge on any atom is -0.0182 e. The van der Waals surface area contributed by atoms with Gasteiger partial charge in [0.25, 0.3) is 0 Å². The molecule has 0 heteroatoms. The Morgan fingerprint density at radius 1 is 1.15 bits per heavy atom. The van der Waals surface area contributed by atoms with Crippen molar-refractivity contribution in [1.29, 1.82) is 0 Å². The van der Waals surface area contributed by atoms with E-state index >= 15 is 0 Å². The van der Waals surface area contributed by atoms with Crippen molar-refractivity contribution in [3.63, 3.8) is 0 Å². The topological polar surface area (TPSA) is 0 Å². The summed E-state index contributed by atoms with van der Waals surface area (Å²) in [5.74, 6) is 0.766. The fourth-order valence-corrected chi connectivity index (χ4v) is 1.62. The van der Waals surface area contributed by atoms with E-state index in [2.05, 4.69) is 46.8 Å². The van der Waals surface area contributed by atoms with Gasteiger partial charge in [0.15, 0.2) is 0 Å². The molecule has 0 aromatic carbocycles. The Morgan fingerprint density at radius 2 is 1.77 bits per heavy atom. The van der Waals surface area contributed by atoms with Crippen molar-refractivity contribution >= 4 is 0 Å². The van der Waals surface area contributed by atoms with Gasteiger partial charge in [-0.3, -0.25) is 0 Å². The summed E-state index contributed by atoms with van der Waals surface area (Å²) in [7, 11) is 0. The van der Waals surface area contributed by atoms with E-state index < -0.39 is 0 Å². The van der Waals surface area contributed by atoms with Crippen molar-refractivity contribution in [2.45, 2.75) is 60.3 Å². The van der Waals surface area contributed by atoms with E-state index in [0.717, 1.165) is 5.92 Å². The lowest BCUT2D eigenvalue weighted by Gasteiger charge is -2.31. The van der Waals surface area contributed by atoms with E-state index in [1.165, 1.54) is 25.7 Å². The molecule has 0 bridgehead atoms. The highest BCUT2D eigenvalue weighted by molar-refractivity contribution is 4.94. The van der Waals surface area contributed by atoms with Crippen molar-refractivity contribution in [2.75, 3.05) is 0 Å². The first-order chi connectivity index (χ1) is 6.08. The number of hydrogen-bond donors (Lipinski definition) is 0. The average molecular weight is 182 g/mol. The molecular weight excluding hydrogens is 156 g/mol. The predicted octanol–water partition coefficient (Wildman–Crippen LogP) is 4.81. The third-order valence-electron chi connectivity index (χ3n) is 3.12. The summed E-state index contributed by atoms with van der Waals surface area (Å²) >= 11 is 0. The van der Waals surface area contributed by atoms with Gasteiger partial charge >= 0.3 is 0 Å². The van der Waals surface area contributed by atoms with Crippen molar-refractivity contribution in [1.82, 2.24) is 0 Å². The van der Waals surface area contributed by atoms with E-state index in [1.807, 2.05) is 0 Å². The van der Waals surface area contributed by atoms with Gasteiger partial charge in [0.1, 0.15) is 0 Å². The highest BCUT2D eigenvalue weighted by Gasteiger charge is 2.24. The highest BCUT2D eigenvalue weighted by atomic mass is 14.3. The lowest BCUT2D eigenvalue weighted by molar-refractivity contribution is 0.235. The molecule has 0 aromatic rings. The van der Waals surface area contributed by atoms with Gasteiger partial charge in [0, 0.05) is 0 Å². The van der Waals surface area contributed by atoms with Gasteiger partial charge in [-0.05, 0) is 24.2 Å². The third-order valence-corrected chi connectivity index (χ3v) is 3.12. The molecule has 0 rings (SSSR count). The molecule has 0 amide bonds. The SMILES string of the molecule is CC/C=C\C(CCC)C(C)(C)CC. The summed E-state index contributed by atoms with van der Waals surface area (Å²) in [6.07, 6.45) is 9.80. The molecule has 0 aromatic heterocycles. The fourth-order valence-electron chi connectivity index (χ4n) is 1.62.